The van der Waals surface area contributed by atoms with Crippen LogP contribution < -0.4 is 20.1 Å². The monoisotopic (exact) mass is 720 g/mol. The number of aromatic nitrogens is 2. The van der Waals surface area contributed by atoms with Gasteiger partial charge in [-0.05, 0) is 73.9 Å². The van der Waals surface area contributed by atoms with Crippen LogP contribution in [0.4, 0.5) is 5.13 Å². The van der Waals surface area contributed by atoms with Gasteiger partial charge in [-0.25, -0.2) is 18.4 Å². The van der Waals surface area contributed by atoms with E-state index in [4.69, 9.17) is 9.72 Å². The number of aryl methyl sites for hydroxylation is 2. The summed E-state index contributed by atoms with van der Waals surface area (Å²) in [6, 6.07) is 6.56. The minimum absolute atomic E-state index is 0.114. The number of anilines is 1. The molecule has 1 saturated heterocycles. The van der Waals surface area contributed by atoms with Crippen LogP contribution in [-0.2, 0) is 37.2 Å². The van der Waals surface area contributed by atoms with Gasteiger partial charge in [-0.3, -0.25) is 19.1 Å². The molecule has 0 unspecified atom stereocenters. The molecule has 14 heteroatoms. The Morgan fingerprint density at radius 1 is 1.18 bits per heavy atom. The lowest BCUT2D eigenvalue weighted by molar-refractivity contribution is -0.140. The Kier molecular flexibility index (Phi) is 9.35. The molecule has 4 heterocycles. The van der Waals surface area contributed by atoms with Gasteiger partial charge in [0.15, 0.2) is 5.13 Å². The first-order chi connectivity index (χ1) is 24.0. The average molecular weight is 721 g/mol. The number of sulfonamides is 1. The molecule has 2 aromatic heterocycles. The van der Waals surface area contributed by atoms with Gasteiger partial charge in [0.2, 0.25) is 27.7 Å². The summed E-state index contributed by atoms with van der Waals surface area (Å²) >= 11 is 1.46. The zero-order chi connectivity index (χ0) is 35.2. The summed E-state index contributed by atoms with van der Waals surface area (Å²) in [5.74, 6) is -1.80. The first kappa shape index (κ1) is 34.4. The molecule has 3 fully saturated rings. The second kappa shape index (κ2) is 13.6. The lowest BCUT2D eigenvalue weighted by Crippen LogP contribution is -2.58. The smallest absolute Gasteiger partial charge is 0.259 e. The van der Waals surface area contributed by atoms with Crippen LogP contribution in [0, 0.1) is 11.8 Å². The summed E-state index contributed by atoms with van der Waals surface area (Å²) in [4.78, 5) is 53.0. The average Bonchev–Trinajstić information content (AvgIpc) is 3.98. The molecule has 2 aliphatic carbocycles. The standard InChI is InChI=1S/C36H44N6O6S2/c1-4-24-18-36(24,34(45)41-50(46,47)27-12-13-27)40-31(43)29-17-26-19-42(29)33(44)30(21(2)3)39-35-38-25(20-49-35)9-7-5-6-8-22-10-11-23-14-15-37-32(48-26)28(23)16-22/h4,10-11,14-16,20-21,24,26-27,29-30H,1,5-9,12-13,17-19H2,2-3H3,(H,38,39)(H,40,43)(H,41,45)/t24-,26-,29+,30+,36-/m1/s1. The van der Waals surface area contributed by atoms with E-state index >= 15 is 0 Å². The van der Waals surface area contributed by atoms with Crippen molar-refractivity contribution in [1.29, 1.82) is 0 Å². The zero-order valence-electron chi connectivity index (χ0n) is 28.4. The van der Waals surface area contributed by atoms with Crippen LogP contribution in [0.25, 0.3) is 10.8 Å². The summed E-state index contributed by atoms with van der Waals surface area (Å²) in [7, 11) is -3.85. The fourth-order valence-electron chi connectivity index (χ4n) is 7.12. The molecule has 3 aromatic rings. The highest BCUT2D eigenvalue weighted by molar-refractivity contribution is 7.91. The van der Waals surface area contributed by atoms with Crippen LogP contribution >= 0.6 is 11.3 Å². The van der Waals surface area contributed by atoms with E-state index < -0.39 is 56.7 Å². The van der Waals surface area contributed by atoms with Crippen LogP contribution in [-0.4, -0.2) is 76.5 Å². The number of amides is 3. The van der Waals surface area contributed by atoms with E-state index in [-0.39, 0.29) is 31.2 Å². The summed E-state index contributed by atoms with van der Waals surface area (Å²) < 4.78 is 34.1. The van der Waals surface area contributed by atoms with Gasteiger partial charge in [0.05, 0.1) is 17.5 Å². The summed E-state index contributed by atoms with van der Waals surface area (Å²) in [6.07, 6.45) is 8.88. The molecule has 2 saturated carbocycles. The van der Waals surface area contributed by atoms with Gasteiger partial charge in [-0.15, -0.1) is 17.9 Å². The van der Waals surface area contributed by atoms with Crippen molar-refractivity contribution in [1.82, 2.24) is 24.9 Å². The Labute approximate surface area is 296 Å². The highest BCUT2D eigenvalue weighted by atomic mass is 32.2. The molecular weight excluding hydrogens is 677 g/mol. The van der Waals surface area contributed by atoms with Crippen LogP contribution in [0.5, 0.6) is 5.88 Å². The van der Waals surface area contributed by atoms with E-state index in [0.29, 0.717) is 23.9 Å². The number of nitrogens with zero attached hydrogens (tertiary/aromatic N) is 3. The number of benzene rings is 1. The van der Waals surface area contributed by atoms with Crippen molar-refractivity contribution < 1.29 is 27.5 Å². The molecule has 2 aliphatic heterocycles. The predicted molar refractivity (Wildman–Crippen MR) is 191 cm³/mol. The van der Waals surface area contributed by atoms with Gasteiger partial charge in [0, 0.05) is 29.3 Å². The molecule has 0 radical (unpaired) electrons. The molecule has 4 aliphatic rings. The zero-order valence-corrected chi connectivity index (χ0v) is 30.0. The molecule has 7 rings (SSSR count). The van der Waals surface area contributed by atoms with Crippen LogP contribution in [0.15, 0.2) is 48.5 Å². The predicted octanol–water partition coefficient (Wildman–Crippen LogP) is 4.11. The molecule has 12 nitrogen and oxygen atoms in total. The number of hydrogen-bond acceptors (Lipinski definition) is 10. The van der Waals surface area contributed by atoms with Gasteiger partial charge in [-0.2, -0.15) is 0 Å². The Hall–Kier alpha value is -4.04. The summed E-state index contributed by atoms with van der Waals surface area (Å²) in [5.41, 5.74) is 0.689. The van der Waals surface area contributed by atoms with E-state index in [1.165, 1.54) is 21.8 Å². The molecule has 50 heavy (non-hydrogen) atoms. The highest BCUT2D eigenvalue weighted by Crippen LogP contribution is 2.45. The number of hydrogen-bond donors (Lipinski definition) is 3. The topological polar surface area (TPSA) is 160 Å². The Morgan fingerprint density at radius 2 is 1.98 bits per heavy atom. The van der Waals surface area contributed by atoms with E-state index in [0.717, 1.165) is 48.6 Å². The number of carbonyl (C=O) groups is 3. The molecule has 3 N–H and O–H groups in total. The third-order valence-electron chi connectivity index (χ3n) is 10.3. The highest BCUT2D eigenvalue weighted by Gasteiger charge is 2.62. The van der Waals surface area contributed by atoms with E-state index in [1.54, 1.807) is 12.3 Å². The Balaban J connectivity index is 1.21. The van der Waals surface area contributed by atoms with E-state index in [1.807, 2.05) is 25.3 Å². The maximum Gasteiger partial charge on any atom is 0.259 e. The lowest BCUT2D eigenvalue weighted by Gasteiger charge is -2.31. The number of rotatable bonds is 7. The number of thiazole rings is 1. The van der Waals surface area contributed by atoms with Crippen molar-refractivity contribution >= 4 is 55.0 Å². The lowest BCUT2D eigenvalue weighted by atomic mass is 10.0. The molecular formula is C36H44N6O6S2. The number of fused-ring (bicyclic) bond motifs is 5. The van der Waals surface area contributed by atoms with E-state index in [2.05, 4.69) is 45.1 Å². The maximum atomic E-state index is 14.5. The second-order valence-electron chi connectivity index (χ2n) is 14.4. The molecule has 1 aromatic carbocycles. The van der Waals surface area contributed by atoms with Gasteiger partial charge >= 0.3 is 0 Å². The van der Waals surface area contributed by atoms with Gasteiger partial charge in [0.1, 0.15) is 23.7 Å². The minimum Gasteiger partial charge on any atom is -0.472 e. The van der Waals surface area contributed by atoms with Crippen LogP contribution in [0.1, 0.15) is 70.1 Å². The molecule has 266 valence electrons. The molecule has 3 amide bonds. The van der Waals surface area contributed by atoms with Crippen molar-refractivity contribution in [2.75, 3.05) is 11.9 Å². The minimum atomic E-state index is -3.85. The number of nitrogens with one attached hydrogen (secondary N) is 3. The third kappa shape index (κ3) is 6.96. The SMILES string of the molecule is C=C[C@@H]1C[C@]1(NC(=O)[C@@H]1C[C@@H]2CN1C(=O)[C@H](C(C)C)Nc1nc(cs1)CCCCCc1ccc3ccnc(c3c1)O2)C(=O)NS(=O)(=O)C1CC1. The summed E-state index contributed by atoms with van der Waals surface area (Å²) in [5, 5.41) is 10.1. The summed E-state index contributed by atoms with van der Waals surface area (Å²) in [6.45, 7) is 7.79. The molecule has 5 atom stereocenters. The first-order valence-corrected chi connectivity index (χ1v) is 20.0. The van der Waals surface area contributed by atoms with E-state index in [9.17, 15) is 22.8 Å². The maximum absolute atomic E-state index is 14.5. The molecule has 6 bridgehead atoms. The third-order valence-corrected chi connectivity index (χ3v) is 13.0. The number of carbonyl (C=O) groups excluding carboxylic acids is 3. The van der Waals surface area contributed by atoms with Gasteiger partial charge < -0.3 is 20.3 Å². The largest absolute Gasteiger partial charge is 0.472 e. The Bertz CT molecular complexity index is 1930. The van der Waals surface area contributed by atoms with Crippen molar-refractivity contribution in [3.8, 4) is 5.88 Å². The molecule has 0 spiro atoms. The first-order valence-electron chi connectivity index (χ1n) is 17.5. The van der Waals surface area contributed by atoms with Crippen molar-refractivity contribution in [2.24, 2.45) is 11.8 Å². The Morgan fingerprint density at radius 3 is 2.72 bits per heavy atom. The van der Waals surface area contributed by atoms with Crippen LogP contribution in [0.2, 0.25) is 0 Å². The normalized spacial score (nSPS) is 27.1. The number of ether oxygens (including phenoxy) is 1. The van der Waals surface area contributed by atoms with Crippen molar-refractivity contribution in [2.45, 2.75) is 101 Å². The second-order valence-corrected chi connectivity index (χ2v) is 17.2. The quantitative estimate of drug-likeness (QED) is 0.306. The van der Waals surface area contributed by atoms with Gasteiger partial charge in [-0.1, -0.05) is 38.5 Å². The fourth-order valence-corrected chi connectivity index (χ4v) is 9.26. The van der Waals surface area contributed by atoms with Crippen molar-refractivity contribution in [3.05, 3.63) is 59.8 Å². The van der Waals surface area contributed by atoms with Crippen molar-refractivity contribution in [3.63, 3.8) is 0 Å². The van der Waals surface area contributed by atoms with Crippen LogP contribution in [0.3, 0.4) is 0 Å². The van der Waals surface area contributed by atoms with Gasteiger partial charge in [0.25, 0.3) is 5.91 Å². The number of pyridine rings is 1. The fraction of sp³-hybridized carbons (Fsp3) is 0.528.